The van der Waals surface area contributed by atoms with E-state index < -0.39 is 0 Å². The fourth-order valence-corrected chi connectivity index (χ4v) is 2.08. The number of anilines is 1. The average Bonchev–Trinajstić information content (AvgIpc) is 2.26. The summed E-state index contributed by atoms with van der Waals surface area (Å²) in [4.78, 5) is 1.09. The second kappa shape index (κ2) is 6.58. The molecule has 3 N–H and O–H groups in total. The van der Waals surface area contributed by atoms with Crippen molar-refractivity contribution in [1.82, 2.24) is 5.32 Å². The van der Waals surface area contributed by atoms with Gasteiger partial charge in [0, 0.05) is 22.9 Å². The molecule has 0 saturated carbocycles. The zero-order valence-corrected chi connectivity index (χ0v) is 10.1. The molecule has 0 radical (unpaired) electrons. The van der Waals surface area contributed by atoms with Crippen LogP contribution in [0.3, 0.4) is 0 Å². The Bertz CT molecular complexity index is 305. The largest absolute Gasteiger partial charge is 0.497 e. The maximum absolute atomic E-state index is 5.86. The Kier molecular flexibility index (Phi) is 5.36. The molecule has 0 fully saturated rings. The normalized spacial score (nSPS) is 10.3. The molecule has 1 aromatic rings. The van der Waals surface area contributed by atoms with Crippen LogP contribution in [0.2, 0.25) is 0 Å². The van der Waals surface area contributed by atoms with Crippen LogP contribution in [0.25, 0.3) is 0 Å². The van der Waals surface area contributed by atoms with E-state index in [1.807, 2.05) is 18.2 Å². The van der Waals surface area contributed by atoms with Crippen molar-refractivity contribution in [3.63, 3.8) is 0 Å². The maximum Gasteiger partial charge on any atom is 0.120 e. The second-order valence-corrected chi connectivity index (χ2v) is 4.24. The molecular weight excluding hydrogens is 208 g/mol. The topological polar surface area (TPSA) is 47.3 Å². The number of nitrogens with one attached hydrogen (secondary N) is 1. The van der Waals surface area contributed by atoms with E-state index in [-0.39, 0.29) is 0 Å². The number of hydrogen-bond donors (Lipinski definition) is 2. The van der Waals surface area contributed by atoms with Crippen LogP contribution in [0.5, 0.6) is 5.75 Å². The van der Waals surface area contributed by atoms with Crippen molar-refractivity contribution in [1.29, 1.82) is 0 Å². The number of thioether (sulfide) groups is 1. The third-order valence-corrected chi connectivity index (χ3v) is 3.08. The molecule has 1 rings (SSSR count). The summed E-state index contributed by atoms with van der Waals surface area (Å²) in [5, 5.41) is 3.27. The van der Waals surface area contributed by atoms with Gasteiger partial charge in [-0.05, 0) is 24.7 Å². The zero-order chi connectivity index (χ0) is 11.1. The number of nitrogens with two attached hydrogens (primary N) is 1. The van der Waals surface area contributed by atoms with E-state index in [9.17, 15) is 0 Å². The van der Waals surface area contributed by atoms with Crippen molar-refractivity contribution in [2.24, 2.45) is 0 Å². The Morgan fingerprint density at radius 1 is 1.47 bits per heavy atom. The molecule has 3 nitrogen and oxygen atoms in total. The molecule has 1 aromatic carbocycles. The minimum Gasteiger partial charge on any atom is -0.497 e. The Balaban J connectivity index is 2.51. The first kappa shape index (κ1) is 12.2. The van der Waals surface area contributed by atoms with Crippen LogP contribution in [0.15, 0.2) is 23.1 Å². The van der Waals surface area contributed by atoms with Crippen LogP contribution in [-0.2, 0) is 0 Å². The SMILES string of the molecule is CCNCCSc1cc(OC)ccc1N. The van der Waals surface area contributed by atoms with E-state index in [4.69, 9.17) is 10.5 Å². The number of hydrogen-bond acceptors (Lipinski definition) is 4. The smallest absolute Gasteiger partial charge is 0.120 e. The molecule has 0 atom stereocenters. The summed E-state index contributed by atoms with van der Waals surface area (Å²) in [5.74, 6) is 1.88. The van der Waals surface area contributed by atoms with Gasteiger partial charge in [0.25, 0.3) is 0 Å². The summed E-state index contributed by atoms with van der Waals surface area (Å²) in [6, 6.07) is 5.74. The first-order chi connectivity index (χ1) is 7.27. The Labute approximate surface area is 95.4 Å². The van der Waals surface area contributed by atoms with Crippen molar-refractivity contribution in [3.8, 4) is 5.75 Å². The van der Waals surface area contributed by atoms with Gasteiger partial charge in [-0.3, -0.25) is 0 Å². The Hall–Kier alpha value is -0.870. The van der Waals surface area contributed by atoms with Crippen molar-refractivity contribution in [2.45, 2.75) is 11.8 Å². The van der Waals surface area contributed by atoms with Gasteiger partial charge in [0.15, 0.2) is 0 Å². The van der Waals surface area contributed by atoms with Gasteiger partial charge in [0.05, 0.1) is 7.11 Å². The molecule has 84 valence electrons. The van der Waals surface area contributed by atoms with Gasteiger partial charge >= 0.3 is 0 Å². The summed E-state index contributed by atoms with van der Waals surface area (Å²) in [7, 11) is 1.67. The molecular formula is C11H18N2OS. The molecule has 0 saturated heterocycles. The Morgan fingerprint density at radius 2 is 2.27 bits per heavy atom. The molecule has 0 aliphatic carbocycles. The van der Waals surface area contributed by atoms with E-state index in [2.05, 4.69) is 12.2 Å². The molecule has 0 heterocycles. The summed E-state index contributed by atoms with van der Waals surface area (Å²) < 4.78 is 5.15. The van der Waals surface area contributed by atoms with Crippen LogP contribution in [0.4, 0.5) is 5.69 Å². The third kappa shape index (κ3) is 4.01. The van der Waals surface area contributed by atoms with E-state index in [0.717, 1.165) is 35.2 Å². The predicted molar refractivity (Wildman–Crippen MR) is 66.7 cm³/mol. The van der Waals surface area contributed by atoms with Crippen LogP contribution >= 0.6 is 11.8 Å². The fourth-order valence-electron chi connectivity index (χ4n) is 1.18. The summed E-state index contributed by atoms with van der Waals surface area (Å²) in [6.45, 7) is 4.11. The van der Waals surface area contributed by atoms with Crippen LogP contribution in [0, 0.1) is 0 Å². The fraction of sp³-hybridized carbons (Fsp3) is 0.455. The van der Waals surface area contributed by atoms with Crippen LogP contribution in [0.1, 0.15) is 6.92 Å². The summed E-state index contributed by atoms with van der Waals surface area (Å²) in [6.07, 6.45) is 0. The highest BCUT2D eigenvalue weighted by molar-refractivity contribution is 7.99. The third-order valence-electron chi connectivity index (χ3n) is 2.01. The minimum atomic E-state index is 0.817. The quantitative estimate of drug-likeness (QED) is 0.442. The first-order valence-corrected chi connectivity index (χ1v) is 6.03. The van der Waals surface area contributed by atoms with Gasteiger partial charge in [0.1, 0.15) is 5.75 Å². The van der Waals surface area contributed by atoms with Crippen molar-refractivity contribution in [3.05, 3.63) is 18.2 Å². The van der Waals surface area contributed by atoms with Crippen molar-refractivity contribution < 1.29 is 4.74 Å². The maximum atomic E-state index is 5.86. The highest BCUT2D eigenvalue weighted by atomic mass is 32.2. The molecule has 0 unspecified atom stereocenters. The van der Waals surface area contributed by atoms with Gasteiger partial charge in [0.2, 0.25) is 0 Å². The number of ether oxygens (including phenoxy) is 1. The molecule has 0 aromatic heterocycles. The number of nitrogen functional groups attached to an aromatic ring is 1. The average molecular weight is 226 g/mol. The molecule has 0 aliphatic heterocycles. The van der Waals surface area contributed by atoms with Gasteiger partial charge < -0.3 is 15.8 Å². The summed E-state index contributed by atoms with van der Waals surface area (Å²) >= 11 is 1.75. The second-order valence-electron chi connectivity index (χ2n) is 3.11. The zero-order valence-electron chi connectivity index (χ0n) is 9.25. The van der Waals surface area contributed by atoms with Gasteiger partial charge in [-0.25, -0.2) is 0 Å². The van der Waals surface area contributed by atoms with Gasteiger partial charge in [-0.1, -0.05) is 6.92 Å². The Morgan fingerprint density at radius 3 is 2.93 bits per heavy atom. The number of rotatable bonds is 6. The van der Waals surface area contributed by atoms with E-state index in [1.54, 1.807) is 18.9 Å². The number of benzene rings is 1. The van der Waals surface area contributed by atoms with Crippen molar-refractivity contribution >= 4 is 17.4 Å². The van der Waals surface area contributed by atoms with E-state index in [0.29, 0.717) is 0 Å². The lowest BCUT2D eigenvalue weighted by Crippen LogP contribution is -2.15. The highest BCUT2D eigenvalue weighted by Crippen LogP contribution is 2.28. The monoisotopic (exact) mass is 226 g/mol. The lowest BCUT2D eigenvalue weighted by Gasteiger charge is -2.07. The first-order valence-electron chi connectivity index (χ1n) is 5.05. The lowest BCUT2D eigenvalue weighted by atomic mass is 10.3. The molecule has 0 amide bonds. The molecule has 0 aliphatic rings. The molecule has 15 heavy (non-hydrogen) atoms. The predicted octanol–water partition coefficient (Wildman–Crippen LogP) is 1.98. The van der Waals surface area contributed by atoms with Gasteiger partial charge in [-0.15, -0.1) is 11.8 Å². The van der Waals surface area contributed by atoms with Crippen LogP contribution in [-0.4, -0.2) is 26.0 Å². The van der Waals surface area contributed by atoms with E-state index in [1.165, 1.54) is 0 Å². The van der Waals surface area contributed by atoms with Crippen LogP contribution < -0.4 is 15.8 Å². The van der Waals surface area contributed by atoms with Crippen molar-refractivity contribution in [2.75, 3.05) is 31.7 Å². The van der Waals surface area contributed by atoms with E-state index >= 15 is 0 Å². The standard InChI is InChI=1S/C11H18N2OS/c1-3-13-6-7-15-11-8-9(14-2)4-5-10(11)12/h4-5,8,13H,3,6-7,12H2,1-2H3. The molecule has 4 heteroatoms. The molecule has 0 spiro atoms. The lowest BCUT2D eigenvalue weighted by molar-refractivity contribution is 0.414. The summed E-state index contributed by atoms with van der Waals surface area (Å²) in [5.41, 5.74) is 6.68. The van der Waals surface area contributed by atoms with Gasteiger partial charge in [-0.2, -0.15) is 0 Å². The highest BCUT2D eigenvalue weighted by Gasteiger charge is 2.01. The minimum absolute atomic E-state index is 0.817. The molecule has 0 bridgehead atoms. The number of methoxy groups -OCH3 is 1.